The first-order valence-electron chi connectivity index (χ1n) is 12.2. The molecule has 178 valence electrons. The van der Waals surface area contributed by atoms with Gasteiger partial charge in [0.1, 0.15) is 30.4 Å². The zero-order chi connectivity index (χ0) is 24.4. The highest BCUT2D eigenvalue weighted by molar-refractivity contribution is 6.30. The van der Waals surface area contributed by atoms with Crippen LogP contribution in [-0.4, -0.2) is 10.5 Å². The zero-order valence-corrected chi connectivity index (χ0v) is 20.7. The minimum Gasteiger partial charge on any atom is -0.369 e. The Kier molecular flexibility index (Phi) is 6.48. The van der Waals surface area contributed by atoms with Gasteiger partial charge < -0.3 is 5.73 Å². The van der Waals surface area contributed by atoms with Gasteiger partial charge in [0.15, 0.2) is 0 Å². The van der Waals surface area contributed by atoms with E-state index in [1.165, 1.54) is 11.4 Å². The Bertz CT molecular complexity index is 1260. The fourth-order valence-electron chi connectivity index (χ4n) is 5.99. The minimum absolute atomic E-state index is 0.112. The van der Waals surface area contributed by atoms with Gasteiger partial charge in [0.05, 0.1) is 0 Å². The lowest BCUT2D eigenvalue weighted by atomic mass is 9.64. The molecule has 4 aromatic rings. The van der Waals surface area contributed by atoms with Crippen molar-refractivity contribution in [1.29, 1.82) is 0 Å². The molecule has 0 spiro atoms. The fourth-order valence-corrected chi connectivity index (χ4v) is 6.11. The molecule has 5 heteroatoms. The normalized spacial score (nSPS) is 18.0. The molecule has 1 heterocycles. The van der Waals surface area contributed by atoms with Gasteiger partial charge in [0, 0.05) is 11.9 Å². The first-order valence-corrected chi connectivity index (χ1v) is 12.6. The van der Waals surface area contributed by atoms with Crippen LogP contribution in [-0.2, 0) is 16.8 Å². The number of nitrogens with zero attached hydrogens (tertiary/aromatic N) is 2. The van der Waals surface area contributed by atoms with Crippen LogP contribution in [0.15, 0.2) is 97.3 Å². The molecule has 0 bridgehead atoms. The number of benzene rings is 3. The molecule has 1 aromatic heterocycles. The van der Waals surface area contributed by atoms with Gasteiger partial charge in [-0.1, -0.05) is 84.4 Å². The van der Waals surface area contributed by atoms with Crippen LogP contribution in [0.5, 0.6) is 0 Å². The van der Waals surface area contributed by atoms with E-state index in [1.807, 2.05) is 72.8 Å². The van der Waals surface area contributed by atoms with Crippen LogP contribution in [0.3, 0.4) is 0 Å². The summed E-state index contributed by atoms with van der Waals surface area (Å²) < 4.78 is 4.64. The molecule has 1 saturated carbocycles. The standard InChI is InChI=1S/C30H30ClN3O/c1-22-33(21-23-12-15-27(31)16-13-23)18-19-34(22)28-17-14-26(20-28)30(29(32)35,24-8-4-2-5-9-24)25-10-6-3-7-11-25/h2-13,15-16,18-19,26,28H,14,17,20-21H2,1H3,(H-,32,35)/p+1. The summed E-state index contributed by atoms with van der Waals surface area (Å²) in [6.07, 6.45) is 7.16. The van der Waals surface area contributed by atoms with E-state index >= 15 is 0 Å². The molecule has 5 rings (SSSR count). The average Bonchev–Trinajstić information content (AvgIpc) is 3.49. The van der Waals surface area contributed by atoms with Crippen molar-refractivity contribution in [1.82, 2.24) is 4.57 Å². The lowest BCUT2D eigenvalue weighted by Crippen LogP contribution is -2.47. The Hall–Kier alpha value is -3.37. The fraction of sp³-hybridized carbons (Fsp3) is 0.267. The molecule has 1 aliphatic carbocycles. The molecule has 3 aromatic carbocycles. The van der Waals surface area contributed by atoms with Crippen molar-refractivity contribution in [2.45, 2.75) is 44.2 Å². The van der Waals surface area contributed by atoms with Gasteiger partial charge in [0.25, 0.3) is 5.82 Å². The number of primary amides is 1. The molecule has 2 unspecified atom stereocenters. The van der Waals surface area contributed by atoms with Crippen molar-refractivity contribution in [2.24, 2.45) is 11.7 Å². The van der Waals surface area contributed by atoms with E-state index in [4.69, 9.17) is 17.3 Å². The second-order valence-electron chi connectivity index (χ2n) is 9.58. The second-order valence-corrected chi connectivity index (χ2v) is 10.0. The Morgan fingerprint density at radius 2 is 1.57 bits per heavy atom. The minimum atomic E-state index is -0.850. The van der Waals surface area contributed by atoms with Gasteiger partial charge in [0.2, 0.25) is 5.91 Å². The first-order chi connectivity index (χ1) is 17.0. The molecule has 2 atom stereocenters. The van der Waals surface area contributed by atoms with E-state index in [0.717, 1.165) is 42.0 Å². The summed E-state index contributed by atoms with van der Waals surface area (Å²) in [5, 5.41) is 0.750. The molecular weight excluding hydrogens is 454 g/mol. The van der Waals surface area contributed by atoms with Crippen LogP contribution in [0.1, 0.15) is 47.8 Å². The number of nitrogens with two attached hydrogens (primary N) is 1. The Balaban J connectivity index is 1.47. The molecule has 4 nitrogen and oxygen atoms in total. The molecular formula is C30H31ClN3O+. The van der Waals surface area contributed by atoms with Crippen LogP contribution in [0, 0.1) is 12.8 Å². The van der Waals surface area contributed by atoms with Crippen LogP contribution >= 0.6 is 11.6 Å². The number of rotatable bonds is 7. The maximum Gasteiger partial charge on any atom is 0.253 e. The van der Waals surface area contributed by atoms with Crippen LogP contribution in [0.25, 0.3) is 0 Å². The van der Waals surface area contributed by atoms with E-state index in [1.54, 1.807) is 0 Å². The molecule has 0 radical (unpaired) electrons. The Morgan fingerprint density at radius 3 is 2.14 bits per heavy atom. The van der Waals surface area contributed by atoms with E-state index in [2.05, 4.69) is 40.6 Å². The second kappa shape index (κ2) is 9.71. The predicted molar refractivity (Wildman–Crippen MR) is 139 cm³/mol. The van der Waals surface area contributed by atoms with E-state index in [9.17, 15) is 4.79 Å². The first kappa shape index (κ1) is 23.4. The third-order valence-corrected chi connectivity index (χ3v) is 7.97. The summed E-state index contributed by atoms with van der Waals surface area (Å²) in [5.41, 5.74) is 8.59. The van der Waals surface area contributed by atoms with Gasteiger partial charge in [-0.05, 0) is 54.0 Å². The maximum atomic E-state index is 13.4. The monoisotopic (exact) mass is 484 g/mol. The van der Waals surface area contributed by atoms with Crippen molar-refractivity contribution < 1.29 is 9.36 Å². The number of carbonyl (C=O) groups is 1. The molecule has 2 N–H and O–H groups in total. The summed E-state index contributed by atoms with van der Waals surface area (Å²) in [6, 6.07) is 28.5. The number of imidazole rings is 1. The number of halogens is 1. The average molecular weight is 485 g/mol. The molecule has 0 aliphatic heterocycles. The van der Waals surface area contributed by atoms with Crippen LogP contribution in [0.2, 0.25) is 5.02 Å². The topological polar surface area (TPSA) is 51.9 Å². The number of aromatic nitrogens is 2. The van der Waals surface area contributed by atoms with Crippen molar-refractivity contribution in [3.8, 4) is 0 Å². The summed E-state index contributed by atoms with van der Waals surface area (Å²) in [5.74, 6) is 1.04. The summed E-state index contributed by atoms with van der Waals surface area (Å²) >= 11 is 6.05. The van der Waals surface area contributed by atoms with Crippen molar-refractivity contribution in [3.63, 3.8) is 0 Å². The lowest BCUT2D eigenvalue weighted by molar-refractivity contribution is -0.694. The SMILES string of the molecule is Cc1n(C2CCC(C(C(N)=O)(c3ccccc3)c3ccccc3)C2)cc[n+]1Cc1ccc(Cl)cc1. The number of carbonyl (C=O) groups excluding carboxylic acids is 1. The van der Waals surface area contributed by atoms with Gasteiger partial charge in [-0.15, -0.1) is 0 Å². The quantitative estimate of drug-likeness (QED) is 0.341. The highest BCUT2D eigenvalue weighted by atomic mass is 35.5. The number of hydrogen-bond donors (Lipinski definition) is 1. The van der Waals surface area contributed by atoms with Crippen molar-refractivity contribution in [2.75, 3.05) is 0 Å². The van der Waals surface area contributed by atoms with Crippen molar-refractivity contribution in [3.05, 3.63) is 125 Å². The summed E-state index contributed by atoms with van der Waals surface area (Å²) in [7, 11) is 0. The highest BCUT2D eigenvalue weighted by Gasteiger charge is 2.51. The Labute approximate surface area is 212 Å². The lowest BCUT2D eigenvalue weighted by Gasteiger charge is -2.37. The van der Waals surface area contributed by atoms with Gasteiger partial charge >= 0.3 is 0 Å². The maximum absolute atomic E-state index is 13.4. The van der Waals surface area contributed by atoms with E-state index in [-0.39, 0.29) is 11.8 Å². The molecule has 1 aliphatic rings. The van der Waals surface area contributed by atoms with E-state index < -0.39 is 5.41 Å². The van der Waals surface area contributed by atoms with Gasteiger partial charge in [-0.3, -0.25) is 4.79 Å². The predicted octanol–water partition coefficient (Wildman–Crippen LogP) is 5.60. The van der Waals surface area contributed by atoms with Gasteiger partial charge in [-0.25, -0.2) is 9.13 Å². The third kappa shape index (κ3) is 4.28. The van der Waals surface area contributed by atoms with Crippen molar-refractivity contribution >= 4 is 17.5 Å². The van der Waals surface area contributed by atoms with E-state index in [0.29, 0.717) is 6.04 Å². The Morgan fingerprint density at radius 1 is 0.971 bits per heavy atom. The molecule has 1 fully saturated rings. The number of hydrogen-bond acceptors (Lipinski definition) is 1. The third-order valence-electron chi connectivity index (χ3n) is 7.72. The highest BCUT2D eigenvalue weighted by Crippen LogP contribution is 2.49. The zero-order valence-electron chi connectivity index (χ0n) is 20.0. The largest absolute Gasteiger partial charge is 0.369 e. The van der Waals surface area contributed by atoms with Gasteiger partial charge in [-0.2, -0.15) is 0 Å². The van der Waals surface area contributed by atoms with Crippen LogP contribution in [0.4, 0.5) is 0 Å². The molecule has 1 amide bonds. The summed E-state index contributed by atoms with van der Waals surface area (Å²) in [4.78, 5) is 13.4. The number of amides is 1. The summed E-state index contributed by atoms with van der Waals surface area (Å²) in [6.45, 7) is 2.96. The molecule has 0 saturated heterocycles. The smallest absolute Gasteiger partial charge is 0.253 e. The molecule has 35 heavy (non-hydrogen) atoms. The van der Waals surface area contributed by atoms with Crippen LogP contribution < -0.4 is 10.3 Å².